The minimum atomic E-state index is -3.38. The van der Waals surface area contributed by atoms with E-state index in [1.807, 2.05) is 32.9 Å². The molecule has 2 N–H and O–H groups in total. The van der Waals surface area contributed by atoms with Crippen molar-refractivity contribution in [3.8, 4) is 0 Å². The number of nitrogens with one attached hydrogen (secondary N) is 2. The molecule has 0 amide bonds. The van der Waals surface area contributed by atoms with Crippen LogP contribution in [0.4, 0.5) is 11.4 Å². The number of anilines is 2. The number of fused-ring (bicyclic) bond motifs is 1. The molecule has 138 valence electrons. The SMILES string of the molecule is Cc1ccc(Cl)cc1C1C(=O)C(C)(C)Nc2cc(NS(C)(=O)=O)ccc21. The summed E-state index contributed by atoms with van der Waals surface area (Å²) in [5.41, 5.74) is 3.03. The second-order valence-corrected chi connectivity index (χ2v) is 9.41. The Morgan fingerprint density at radius 1 is 1.12 bits per heavy atom. The molecule has 26 heavy (non-hydrogen) atoms. The van der Waals surface area contributed by atoms with E-state index in [1.165, 1.54) is 0 Å². The van der Waals surface area contributed by atoms with E-state index in [9.17, 15) is 13.2 Å². The molecular formula is C19H21ClN2O3S. The molecule has 0 spiro atoms. The number of Topliss-reactive ketones (excluding diaryl/α,β-unsaturated/α-hetero) is 1. The van der Waals surface area contributed by atoms with Gasteiger partial charge in [0.05, 0.1) is 23.4 Å². The van der Waals surface area contributed by atoms with Crippen LogP contribution in [0.5, 0.6) is 0 Å². The number of carbonyl (C=O) groups is 1. The predicted octanol–water partition coefficient (Wildman–Crippen LogP) is 3.93. The summed E-state index contributed by atoms with van der Waals surface area (Å²) in [4.78, 5) is 13.2. The van der Waals surface area contributed by atoms with Crippen LogP contribution in [0.3, 0.4) is 0 Å². The van der Waals surface area contributed by atoms with Crippen molar-refractivity contribution in [2.75, 3.05) is 16.3 Å². The third-order valence-corrected chi connectivity index (χ3v) is 5.39. The van der Waals surface area contributed by atoms with Gasteiger partial charge in [-0.3, -0.25) is 9.52 Å². The maximum atomic E-state index is 13.2. The summed E-state index contributed by atoms with van der Waals surface area (Å²) in [7, 11) is -3.38. The van der Waals surface area contributed by atoms with Crippen molar-refractivity contribution in [1.29, 1.82) is 0 Å². The van der Waals surface area contributed by atoms with Crippen molar-refractivity contribution < 1.29 is 13.2 Å². The summed E-state index contributed by atoms with van der Waals surface area (Å²) >= 11 is 6.18. The number of hydrogen-bond donors (Lipinski definition) is 2. The molecule has 2 aromatic carbocycles. The molecule has 7 heteroatoms. The highest BCUT2D eigenvalue weighted by Gasteiger charge is 2.41. The number of carbonyl (C=O) groups excluding carboxylic acids is 1. The number of hydrogen-bond acceptors (Lipinski definition) is 4. The summed E-state index contributed by atoms with van der Waals surface area (Å²) in [6.07, 6.45) is 1.10. The number of benzene rings is 2. The smallest absolute Gasteiger partial charge is 0.229 e. The van der Waals surface area contributed by atoms with Gasteiger partial charge in [-0.2, -0.15) is 0 Å². The van der Waals surface area contributed by atoms with Gasteiger partial charge in [0.15, 0.2) is 5.78 Å². The first-order chi connectivity index (χ1) is 12.0. The van der Waals surface area contributed by atoms with Crippen LogP contribution < -0.4 is 10.0 Å². The van der Waals surface area contributed by atoms with E-state index in [0.29, 0.717) is 10.7 Å². The van der Waals surface area contributed by atoms with Crippen LogP contribution >= 0.6 is 11.6 Å². The van der Waals surface area contributed by atoms with Gasteiger partial charge in [0.2, 0.25) is 10.0 Å². The molecule has 1 atom stereocenters. The van der Waals surface area contributed by atoms with Gasteiger partial charge in [0.1, 0.15) is 0 Å². The van der Waals surface area contributed by atoms with Crippen LogP contribution in [0.1, 0.15) is 36.5 Å². The van der Waals surface area contributed by atoms with E-state index in [4.69, 9.17) is 11.6 Å². The lowest BCUT2D eigenvalue weighted by Gasteiger charge is -2.38. The van der Waals surface area contributed by atoms with E-state index >= 15 is 0 Å². The lowest BCUT2D eigenvalue weighted by molar-refractivity contribution is -0.123. The molecule has 1 aliphatic heterocycles. The average Bonchev–Trinajstić information content (AvgIpc) is 2.50. The molecule has 0 saturated heterocycles. The molecular weight excluding hydrogens is 372 g/mol. The summed E-state index contributed by atoms with van der Waals surface area (Å²) in [5, 5.41) is 3.80. The fourth-order valence-electron chi connectivity index (χ4n) is 3.33. The van der Waals surface area contributed by atoms with E-state index in [0.717, 1.165) is 28.6 Å². The molecule has 1 aliphatic rings. The summed E-state index contributed by atoms with van der Waals surface area (Å²) in [6, 6.07) is 10.7. The van der Waals surface area contributed by atoms with Crippen molar-refractivity contribution >= 4 is 38.8 Å². The topological polar surface area (TPSA) is 75.3 Å². The molecule has 0 bridgehead atoms. The molecule has 1 heterocycles. The lowest BCUT2D eigenvalue weighted by Crippen LogP contribution is -2.47. The monoisotopic (exact) mass is 392 g/mol. The number of halogens is 1. The summed E-state index contributed by atoms with van der Waals surface area (Å²) in [5.74, 6) is -0.425. The zero-order valence-corrected chi connectivity index (χ0v) is 16.6. The fraction of sp³-hybridized carbons (Fsp3) is 0.316. The van der Waals surface area contributed by atoms with Crippen molar-refractivity contribution in [2.45, 2.75) is 32.2 Å². The van der Waals surface area contributed by atoms with Crippen LogP contribution in [-0.2, 0) is 14.8 Å². The van der Waals surface area contributed by atoms with Crippen LogP contribution in [0.2, 0.25) is 5.02 Å². The Labute approximate surface area is 158 Å². The van der Waals surface area contributed by atoms with Gasteiger partial charge in [-0.1, -0.05) is 23.7 Å². The molecule has 0 radical (unpaired) electrons. The van der Waals surface area contributed by atoms with Crippen LogP contribution in [0.25, 0.3) is 0 Å². The van der Waals surface area contributed by atoms with Gasteiger partial charge < -0.3 is 5.32 Å². The molecule has 0 fully saturated rings. The lowest BCUT2D eigenvalue weighted by atomic mass is 9.75. The first-order valence-electron chi connectivity index (χ1n) is 8.18. The highest BCUT2D eigenvalue weighted by molar-refractivity contribution is 7.92. The number of aryl methyl sites for hydroxylation is 1. The zero-order chi connectivity index (χ0) is 19.3. The van der Waals surface area contributed by atoms with Crippen LogP contribution in [-0.4, -0.2) is 26.0 Å². The molecule has 2 aromatic rings. The third kappa shape index (κ3) is 3.57. The van der Waals surface area contributed by atoms with Crippen LogP contribution in [0.15, 0.2) is 36.4 Å². The molecule has 3 rings (SSSR count). The first-order valence-corrected chi connectivity index (χ1v) is 10.5. The van der Waals surface area contributed by atoms with Crippen molar-refractivity contribution in [2.24, 2.45) is 0 Å². The Hall–Kier alpha value is -2.05. The molecule has 0 aromatic heterocycles. The number of ketones is 1. The normalized spacial score (nSPS) is 18.8. The van der Waals surface area contributed by atoms with Gasteiger partial charge in [0, 0.05) is 10.7 Å². The second-order valence-electron chi connectivity index (χ2n) is 7.22. The summed E-state index contributed by atoms with van der Waals surface area (Å²) < 4.78 is 25.5. The van der Waals surface area contributed by atoms with Gasteiger partial charge in [-0.15, -0.1) is 0 Å². The van der Waals surface area contributed by atoms with Gasteiger partial charge in [-0.05, 0) is 61.7 Å². The van der Waals surface area contributed by atoms with E-state index in [2.05, 4.69) is 10.0 Å². The van der Waals surface area contributed by atoms with Gasteiger partial charge in [-0.25, -0.2) is 8.42 Å². The highest BCUT2D eigenvalue weighted by atomic mass is 35.5. The Kier molecular flexibility index (Phi) is 4.53. The van der Waals surface area contributed by atoms with E-state index in [1.54, 1.807) is 24.3 Å². The Morgan fingerprint density at radius 2 is 1.81 bits per heavy atom. The third-order valence-electron chi connectivity index (χ3n) is 4.55. The number of sulfonamides is 1. The van der Waals surface area contributed by atoms with Gasteiger partial charge >= 0.3 is 0 Å². The van der Waals surface area contributed by atoms with E-state index < -0.39 is 21.5 Å². The average molecular weight is 393 g/mol. The van der Waals surface area contributed by atoms with Crippen molar-refractivity contribution in [3.05, 3.63) is 58.1 Å². The van der Waals surface area contributed by atoms with Crippen molar-refractivity contribution in [1.82, 2.24) is 0 Å². The molecule has 0 aliphatic carbocycles. The zero-order valence-electron chi connectivity index (χ0n) is 15.1. The van der Waals surface area contributed by atoms with Crippen molar-refractivity contribution in [3.63, 3.8) is 0 Å². The second kappa shape index (κ2) is 6.28. The van der Waals surface area contributed by atoms with Gasteiger partial charge in [0.25, 0.3) is 0 Å². The molecule has 0 saturated carbocycles. The minimum absolute atomic E-state index is 0.0409. The highest BCUT2D eigenvalue weighted by Crippen LogP contribution is 2.42. The predicted molar refractivity (Wildman–Crippen MR) is 106 cm³/mol. The maximum Gasteiger partial charge on any atom is 0.229 e. The standard InChI is InChI=1S/C19H21ClN2O3S/c1-11-5-6-12(20)9-15(11)17-14-8-7-13(22-26(4,24)25)10-16(14)21-19(2,3)18(17)23/h5-10,17,21-22H,1-4H3. The number of rotatable bonds is 3. The minimum Gasteiger partial charge on any atom is -0.373 e. The molecule has 1 unspecified atom stereocenters. The fourth-order valence-corrected chi connectivity index (χ4v) is 4.06. The Balaban J connectivity index is 2.18. The largest absolute Gasteiger partial charge is 0.373 e. The molecule has 5 nitrogen and oxygen atoms in total. The van der Waals surface area contributed by atoms with E-state index in [-0.39, 0.29) is 5.78 Å². The Bertz CT molecular complexity index is 1000. The Morgan fingerprint density at radius 3 is 2.46 bits per heavy atom. The first kappa shape index (κ1) is 18.7. The summed E-state index contributed by atoms with van der Waals surface area (Å²) in [6.45, 7) is 5.59. The van der Waals surface area contributed by atoms with Crippen LogP contribution in [0, 0.1) is 6.92 Å². The quantitative estimate of drug-likeness (QED) is 0.829. The maximum absolute atomic E-state index is 13.2.